The number of nitrogens with one attached hydrogen (secondary N) is 2. The molecule has 2 amide bonds. The van der Waals surface area contributed by atoms with E-state index in [0.29, 0.717) is 10.0 Å². The van der Waals surface area contributed by atoms with Gasteiger partial charge in [-0.15, -0.1) is 22.7 Å². The minimum absolute atomic E-state index is 0.110. The number of halogens is 1. The van der Waals surface area contributed by atoms with Gasteiger partial charge in [-0.05, 0) is 40.2 Å². The molecule has 0 aliphatic rings. The van der Waals surface area contributed by atoms with Crippen molar-refractivity contribution in [2.24, 2.45) is 0 Å². The second kappa shape index (κ2) is 7.25. The molecule has 3 aromatic rings. The number of amides is 2. The third-order valence-corrected chi connectivity index (χ3v) is 5.40. The lowest BCUT2D eigenvalue weighted by atomic mass is 10.1. The van der Waals surface area contributed by atoms with Gasteiger partial charge in [0.15, 0.2) is 5.13 Å². The van der Waals surface area contributed by atoms with Crippen LogP contribution in [0.15, 0.2) is 45.6 Å². The van der Waals surface area contributed by atoms with Crippen LogP contribution in [0.1, 0.15) is 16.6 Å². The molecule has 0 atom stereocenters. The van der Waals surface area contributed by atoms with E-state index in [2.05, 4.69) is 31.5 Å². The zero-order valence-electron chi connectivity index (χ0n) is 12.5. The summed E-state index contributed by atoms with van der Waals surface area (Å²) in [6.45, 7) is 1.47. The second-order valence-corrected chi connectivity index (χ2v) is 8.18. The van der Waals surface area contributed by atoms with E-state index in [4.69, 9.17) is 0 Å². The van der Waals surface area contributed by atoms with Crippen molar-refractivity contribution < 1.29 is 9.59 Å². The summed E-state index contributed by atoms with van der Waals surface area (Å²) < 4.78 is 0.909. The summed E-state index contributed by atoms with van der Waals surface area (Å²) in [5.41, 5.74) is 2.43. The highest BCUT2D eigenvalue weighted by Gasteiger charge is 2.12. The van der Waals surface area contributed by atoms with E-state index >= 15 is 0 Å². The minimum atomic E-state index is -0.174. The first-order valence-corrected chi connectivity index (χ1v) is 9.40. The van der Waals surface area contributed by atoms with Gasteiger partial charge in [0.1, 0.15) is 0 Å². The van der Waals surface area contributed by atoms with Crippen LogP contribution in [0.3, 0.4) is 0 Å². The fourth-order valence-corrected chi connectivity index (χ4v) is 3.98. The van der Waals surface area contributed by atoms with Crippen LogP contribution >= 0.6 is 38.6 Å². The predicted octanol–water partition coefficient (Wildman–Crippen LogP) is 4.84. The van der Waals surface area contributed by atoms with Gasteiger partial charge in [-0.3, -0.25) is 14.9 Å². The van der Waals surface area contributed by atoms with Crippen LogP contribution in [0.25, 0.3) is 11.3 Å². The molecule has 0 spiro atoms. The molecule has 0 aliphatic heterocycles. The lowest BCUT2D eigenvalue weighted by Gasteiger charge is -2.02. The Hall–Kier alpha value is -2.03. The molecular formula is C16H12BrN3O2S2. The van der Waals surface area contributed by atoms with Gasteiger partial charge < -0.3 is 5.32 Å². The predicted molar refractivity (Wildman–Crippen MR) is 102 cm³/mol. The van der Waals surface area contributed by atoms with E-state index in [1.807, 2.05) is 35.7 Å². The van der Waals surface area contributed by atoms with Crippen molar-refractivity contribution in [2.75, 3.05) is 10.6 Å². The lowest BCUT2D eigenvalue weighted by Crippen LogP contribution is -2.09. The Bertz CT molecular complexity index is 887. The van der Waals surface area contributed by atoms with Gasteiger partial charge in [-0.1, -0.05) is 12.1 Å². The largest absolute Gasteiger partial charge is 0.326 e. The van der Waals surface area contributed by atoms with Crippen LogP contribution < -0.4 is 10.6 Å². The average Bonchev–Trinajstić information content (AvgIpc) is 3.17. The van der Waals surface area contributed by atoms with Crippen LogP contribution in [0.2, 0.25) is 0 Å². The summed E-state index contributed by atoms with van der Waals surface area (Å²) in [5.74, 6) is -0.283. The van der Waals surface area contributed by atoms with Gasteiger partial charge >= 0.3 is 0 Å². The maximum atomic E-state index is 12.1. The van der Waals surface area contributed by atoms with Crippen LogP contribution in [0.5, 0.6) is 0 Å². The maximum Gasteiger partial charge on any atom is 0.267 e. The highest BCUT2D eigenvalue weighted by atomic mass is 79.9. The molecule has 1 aromatic carbocycles. The number of benzene rings is 1. The normalized spacial score (nSPS) is 10.4. The zero-order chi connectivity index (χ0) is 17.1. The van der Waals surface area contributed by atoms with Crippen molar-refractivity contribution in [2.45, 2.75) is 6.92 Å². The highest BCUT2D eigenvalue weighted by Crippen LogP contribution is 2.27. The number of rotatable bonds is 4. The first-order valence-electron chi connectivity index (χ1n) is 6.91. The van der Waals surface area contributed by atoms with Gasteiger partial charge in [-0.2, -0.15) is 0 Å². The van der Waals surface area contributed by atoms with E-state index in [-0.39, 0.29) is 11.8 Å². The fraction of sp³-hybridized carbons (Fsp3) is 0.0625. The van der Waals surface area contributed by atoms with E-state index in [0.717, 1.165) is 20.7 Å². The fourth-order valence-electron chi connectivity index (χ4n) is 1.99. The average molecular weight is 422 g/mol. The molecule has 0 bridgehead atoms. The molecule has 24 heavy (non-hydrogen) atoms. The topological polar surface area (TPSA) is 71.1 Å². The SMILES string of the molecule is CC(=O)Nc1ccc(-c2csc(NC(=O)c3ccc(Br)s3)n2)cc1. The number of thiophene rings is 1. The van der Waals surface area contributed by atoms with Crippen LogP contribution in [0, 0.1) is 0 Å². The van der Waals surface area contributed by atoms with E-state index < -0.39 is 0 Å². The van der Waals surface area contributed by atoms with Crippen molar-refractivity contribution >= 4 is 61.2 Å². The molecule has 0 radical (unpaired) electrons. The van der Waals surface area contributed by atoms with Crippen molar-refractivity contribution in [3.8, 4) is 11.3 Å². The van der Waals surface area contributed by atoms with E-state index in [9.17, 15) is 9.59 Å². The number of thiazole rings is 1. The summed E-state index contributed by atoms with van der Waals surface area (Å²) in [7, 11) is 0. The van der Waals surface area contributed by atoms with E-state index in [1.165, 1.54) is 29.6 Å². The number of anilines is 2. The first kappa shape index (κ1) is 16.8. The van der Waals surface area contributed by atoms with Crippen molar-refractivity contribution in [1.82, 2.24) is 4.98 Å². The Labute approximate surface area is 154 Å². The Morgan fingerprint density at radius 3 is 2.46 bits per heavy atom. The van der Waals surface area contributed by atoms with Crippen LogP contribution in [0.4, 0.5) is 10.8 Å². The Kier molecular flexibility index (Phi) is 5.08. The minimum Gasteiger partial charge on any atom is -0.326 e. The summed E-state index contributed by atoms with van der Waals surface area (Å²) in [4.78, 5) is 28.2. The van der Waals surface area contributed by atoms with Crippen molar-refractivity contribution in [1.29, 1.82) is 0 Å². The van der Waals surface area contributed by atoms with Crippen LogP contribution in [-0.2, 0) is 4.79 Å². The molecule has 0 saturated heterocycles. The molecule has 0 aliphatic carbocycles. The zero-order valence-corrected chi connectivity index (χ0v) is 15.7. The molecule has 2 N–H and O–H groups in total. The molecule has 8 heteroatoms. The molecule has 3 rings (SSSR count). The monoisotopic (exact) mass is 421 g/mol. The number of hydrogen-bond donors (Lipinski definition) is 2. The number of carbonyl (C=O) groups excluding carboxylic acids is 2. The van der Waals surface area contributed by atoms with Crippen molar-refractivity contribution in [3.63, 3.8) is 0 Å². The summed E-state index contributed by atoms with van der Waals surface area (Å²) in [6.07, 6.45) is 0. The summed E-state index contributed by atoms with van der Waals surface area (Å²) >= 11 is 6.08. The molecule has 0 fully saturated rings. The van der Waals surface area contributed by atoms with Crippen molar-refractivity contribution in [3.05, 3.63) is 50.4 Å². The number of hydrogen-bond acceptors (Lipinski definition) is 5. The third-order valence-electron chi connectivity index (χ3n) is 3.02. The summed E-state index contributed by atoms with van der Waals surface area (Å²) in [6, 6.07) is 11.0. The summed E-state index contributed by atoms with van der Waals surface area (Å²) in [5, 5.41) is 7.95. The molecule has 0 unspecified atom stereocenters. The van der Waals surface area contributed by atoms with Crippen LogP contribution in [-0.4, -0.2) is 16.8 Å². The maximum absolute atomic E-state index is 12.1. The van der Waals surface area contributed by atoms with E-state index in [1.54, 1.807) is 6.07 Å². The molecular weight excluding hydrogens is 410 g/mol. The Balaban J connectivity index is 1.71. The standard InChI is InChI=1S/C16H12BrN3O2S2/c1-9(21)18-11-4-2-10(3-5-11)12-8-23-16(19-12)20-15(22)13-6-7-14(17)24-13/h2-8H,1H3,(H,18,21)(H,19,20,22). The van der Waals surface area contributed by atoms with Gasteiger partial charge in [0.05, 0.1) is 14.4 Å². The Morgan fingerprint density at radius 2 is 1.83 bits per heavy atom. The first-order chi connectivity index (χ1) is 11.5. The molecule has 0 saturated carbocycles. The quantitative estimate of drug-likeness (QED) is 0.632. The number of aromatic nitrogens is 1. The molecule has 2 heterocycles. The second-order valence-electron chi connectivity index (χ2n) is 4.85. The van der Waals surface area contributed by atoms with Gasteiger partial charge in [-0.25, -0.2) is 4.98 Å². The highest BCUT2D eigenvalue weighted by molar-refractivity contribution is 9.11. The van der Waals surface area contributed by atoms with Gasteiger partial charge in [0, 0.05) is 23.6 Å². The molecule has 122 valence electrons. The van der Waals surface area contributed by atoms with Gasteiger partial charge in [0.25, 0.3) is 5.91 Å². The third kappa shape index (κ3) is 4.08. The van der Waals surface area contributed by atoms with Gasteiger partial charge in [0.2, 0.25) is 5.91 Å². The molecule has 2 aromatic heterocycles. The molecule has 5 nitrogen and oxygen atoms in total. The number of carbonyl (C=O) groups is 2. The lowest BCUT2D eigenvalue weighted by molar-refractivity contribution is -0.114. The Morgan fingerprint density at radius 1 is 1.08 bits per heavy atom. The number of nitrogens with zero attached hydrogens (tertiary/aromatic N) is 1. The smallest absolute Gasteiger partial charge is 0.267 e.